The van der Waals surface area contributed by atoms with Gasteiger partial charge in [-0.2, -0.15) is 0 Å². The Hall–Kier alpha value is -2.34. The van der Waals surface area contributed by atoms with Crippen LogP contribution in [0.3, 0.4) is 0 Å². The van der Waals surface area contributed by atoms with Crippen molar-refractivity contribution in [3.05, 3.63) is 58.0 Å². The van der Waals surface area contributed by atoms with Crippen LogP contribution in [-0.4, -0.2) is 32.6 Å². The van der Waals surface area contributed by atoms with E-state index >= 15 is 0 Å². The van der Waals surface area contributed by atoms with Gasteiger partial charge in [0, 0.05) is 23.1 Å². The van der Waals surface area contributed by atoms with Gasteiger partial charge in [0.05, 0.1) is 10.9 Å². The molecule has 4 nitrogen and oxygen atoms in total. The Kier molecular flexibility index (Phi) is 6.96. The molecule has 180 valence electrons. The van der Waals surface area contributed by atoms with E-state index in [1.165, 1.54) is 50.7 Å². The highest BCUT2D eigenvalue weighted by atomic mass is 32.2. The lowest BCUT2D eigenvalue weighted by Gasteiger charge is -2.31. The first-order chi connectivity index (χ1) is 16.5. The molecule has 0 bridgehead atoms. The molecule has 1 aromatic carbocycles. The number of halogens is 1. The lowest BCUT2D eigenvalue weighted by molar-refractivity contribution is -0.124. The van der Waals surface area contributed by atoms with Crippen LogP contribution >= 0.6 is 11.8 Å². The normalized spacial score (nSPS) is 22.9. The van der Waals surface area contributed by atoms with Crippen molar-refractivity contribution in [3.63, 3.8) is 0 Å². The molecular weight excluding hydrogens is 445 g/mol. The van der Waals surface area contributed by atoms with E-state index in [1.54, 1.807) is 23.9 Å². The van der Waals surface area contributed by atoms with Crippen LogP contribution in [0, 0.1) is 19.7 Å². The van der Waals surface area contributed by atoms with Gasteiger partial charge in [-0.1, -0.05) is 38.5 Å². The smallest absolute Gasteiger partial charge is 0.267 e. The number of carbonyl (C=O) groups excluding carboxylic acids is 1. The second-order valence-corrected chi connectivity index (χ2v) is 10.9. The van der Waals surface area contributed by atoms with Crippen LogP contribution in [0.25, 0.3) is 11.8 Å². The standard InChI is InChI=1S/C28H34FN3OS/c1-19-17-21(20(2)31(19)25-15-13-22(29)14-16-25)18-26-27(33)32(24-11-7-4-8-12-24)28(34-26)30-23-9-5-3-6-10-23/h13-18,23-24H,3-12H2,1-2H3/b26-18-,30-28?. The van der Waals surface area contributed by atoms with Crippen molar-refractivity contribution < 1.29 is 9.18 Å². The van der Waals surface area contributed by atoms with E-state index < -0.39 is 0 Å². The summed E-state index contributed by atoms with van der Waals surface area (Å²) in [6, 6.07) is 9.29. The van der Waals surface area contributed by atoms with Crippen LogP contribution in [0.5, 0.6) is 0 Å². The number of hydrogen-bond acceptors (Lipinski definition) is 3. The minimum Gasteiger partial charge on any atom is -0.318 e. The molecule has 0 N–H and O–H groups in total. The van der Waals surface area contributed by atoms with E-state index in [4.69, 9.17) is 4.99 Å². The molecule has 0 spiro atoms. The molecule has 2 heterocycles. The van der Waals surface area contributed by atoms with Crippen molar-refractivity contribution in [1.29, 1.82) is 0 Å². The number of thioether (sulfide) groups is 1. The Morgan fingerprint density at radius 2 is 1.62 bits per heavy atom. The average Bonchev–Trinajstić information content (AvgIpc) is 3.30. The summed E-state index contributed by atoms with van der Waals surface area (Å²) in [6.45, 7) is 4.11. The molecule has 2 aromatic rings. The third kappa shape index (κ3) is 4.74. The van der Waals surface area contributed by atoms with Gasteiger partial charge in [-0.05, 0) is 93.3 Å². The van der Waals surface area contributed by atoms with Crippen molar-refractivity contribution in [3.8, 4) is 5.69 Å². The number of aliphatic imine (C=N–C) groups is 1. The van der Waals surface area contributed by atoms with E-state index in [-0.39, 0.29) is 17.8 Å². The first-order valence-electron chi connectivity index (χ1n) is 12.8. The van der Waals surface area contributed by atoms with Crippen molar-refractivity contribution in [2.24, 2.45) is 4.99 Å². The number of rotatable bonds is 4. The second-order valence-electron chi connectivity index (χ2n) is 9.92. The zero-order valence-corrected chi connectivity index (χ0v) is 21.0. The summed E-state index contributed by atoms with van der Waals surface area (Å²) in [5, 5.41) is 0.919. The molecule has 0 radical (unpaired) electrons. The van der Waals surface area contributed by atoms with Gasteiger partial charge in [-0.15, -0.1) is 0 Å². The minimum absolute atomic E-state index is 0.109. The first kappa shape index (κ1) is 23.4. The maximum atomic E-state index is 13.7. The average molecular weight is 480 g/mol. The summed E-state index contributed by atoms with van der Waals surface area (Å²) in [4.78, 5) is 21.6. The van der Waals surface area contributed by atoms with Gasteiger partial charge >= 0.3 is 0 Å². The minimum atomic E-state index is -0.242. The molecule has 34 heavy (non-hydrogen) atoms. The summed E-state index contributed by atoms with van der Waals surface area (Å²) < 4.78 is 15.6. The van der Waals surface area contributed by atoms with Crippen LogP contribution in [0.15, 0.2) is 40.2 Å². The molecule has 1 amide bonds. The monoisotopic (exact) mass is 479 g/mol. The van der Waals surface area contributed by atoms with E-state index in [0.717, 1.165) is 58.4 Å². The molecule has 2 aliphatic carbocycles. The molecule has 6 heteroatoms. The fourth-order valence-corrected chi connectivity index (χ4v) is 6.77. The Balaban J connectivity index is 1.48. The fourth-order valence-electron chi connectivity index (χ4n) is 5.67. The van der Waals surface area contributed by atoms with Crippen LogP contribution in [0.4, 0.5) is 4.39 Å². The van der Waals surface area contributed by atoms with Gasteiger partial charge in [0.1, 0.15) is 5.82 Å². The van der Waals surface area contributed by atoms with Gasteiger partial charge in [0.15, 0.2) is 5.17 Å². The molecule has 1 saturated heterocycles. The van der Waals surface area contributed by atoms with Crippen molar-refractivity contribution >= 4 is 28.9 Å². The Labute approximate surface area is 206 Å². The van der Waals surface area contributed by atoms with E-state index in [0.29, 0.717) is 6.04 Å². The Morgan fingerprint density at radius 3 is 2.29 bits per heavy atom. The summed E-state index contributed by atoms with van der Waals surface area (Å²) in [7, 11) is 0. The van der Waals surface area contributed by atoms with E-state index in [1.807, 2.05) is 17.9 Å². The molecular formula is C28H34FN3OS. The summed E-state index contributed by atoms with van der Waals surface area (Å²) >= 11 is 1.56. The number of amides is 1. The second kappa shape index (κ2) is 10.1. The predicted molar refractivity (Wildman–Crippen MR) is 139 cm³/mol. The van der Waals surface area contributed by atoms with Gasteiger partial charge in [-0.3, -0.25) is 14.7 Å². The van der Waals surface area contributed by atoms with Gasteiger partial charge in [-0.25, -0.2) is 4.39 Å². The number of carbonyl (C=O) groups is 1. The highest BCUT2D eigenvalue weighted by molar-refractivity contribution is 8.18. The summed E-state index contributed by atoms with van der Waals surface area (Å²) in [5.74, 6) is -0.132. The zero-order valence-electron chi connectivity index (χ0n) is 20.2. The number of benzene rings is 1. The third-order valence-corrected chi connectivity index (χ3v) is 8.48. The molecule has 3 fully saturated rings. The van der Waals surface area contributed by atoms with Crippen LogP contribution in [0.2, 0.25) is 0 Å². The van der Waals surface area contributed by atoms with Crippen LogP contribution in [0.1, 0.15) is 81.2 Å². The maximum absolute atomic E-state index is 13.7. The van der Waals surface area contributed by atoms with Crippen molar-refractivity contribution in [2.75, 3.05) is 0 Å². The SMILES string of the molecule is Cc1cc(/C=C2\SC(=NC3CCCCC3)N(C3CCCCC3)C2=O)c(C)n1-c1ccc(F)cc1. The molecule has 1 aliphatic heterocycles. The Bertz CT molecular complexity index is 1110. The van der Waals surface area contributed by atoms with Crippen molar-refractivity contribution in [2.45, 2.75) is 90.1 Å². The van der Waals surface area contributed by atoms with Crippen molar-refractivity contribution in [1.82, 2.24) is 9.47 Å². The quantitative estimate of drug-likeness (QED) is 0.436. The number of aromatic nitrogens is 1. The number of aryl methyl sites for hydroxylation is 1. The molecule has 2 saturated carbocycles. The number of nitrogens with zero attached hydrogens (tertiary/aromatic N) is 3. The topological polar surface area (TPSA) is 37.6 Å². The zero-order chi connectivity index (χ0) is 23.7. The van der Waals surface area contributed by atoms with Crippen LogP contribution < -0.4 is 0 Å². The Morgan fingerprint density at radius 1 is 0.971 bits per heavy atom. The highest BCUT2D eigenvalue weighted by Crippen LogP contribution is 2.39. The predicted octanol–water partition coefficient (Wildman–Crippen LogP) is 7.17. The summed E-state index contributed by atoms with van der Waals surface area (Å²) in [6.07, 6.45) is 13.9. The van der Waals surface area contributed by atoms with Gasteiger partial charge < -0.3 is 4.57 Å². The lowest BCUT2D eigenvalue weighted by Crippen LogP contribution is -2.41. The lowest BCUT2D eigenvalue weighted by atomic mass is 9.94. The first-order valence-corrected chi connectivity index (χ1v) is 13.6. The molecule has 0 atom stereocenters. The molecule has 3 aliphatic rings. The van der Waals surface area contributed by atoms with Gasteiger partial charge in [0.25, 0.3) is 5.91 Å². The fraction of sp³-hybridized carbons (Fsp3) is 0.500. The van der Waals surface area contributed by atoms with Gasteiger partial charge in [0.2, 0.25) is 0 Å². The molecule has 0 unspecified atom stereocenters. The van der Waals surface area contributed by atoms with E-state index in [9.17, 15) is 9.18 Å². The largest absolute Gasteiger partial charge is 0.318 e. The molecule has 5 rings (SSSR count). The molecule has 1 aromatic heterocycles. The van der Waals surface area contributed by atoms with Crippen LogP contribution in [-0.2, 0) is 4.79 Å². The third-order valence-electron chi connectivity index (χ3n) is 7.49. The number of hydrogen-bond donors (Lipinski definition) is 0. The summed E-state index contributed by atoms with van der Waals surface area (Å²) in [5.41, 5.74) is 4.06. The number of amidine groups is 1. The van der Waals surface area contributed by atoms with E-state index in [2.05, 4.69) is 17.6 Å². The highest BCUT2D eigenvalue weighted by Gasteiger charge is 2.39. The maximum Gasteiger partial charge on any atom is 0.267 e.